The molecule has 1 fully saturated rings. The van der Waals surface area contributed by atoms with E-state index in [1.54, 1.807) is 0 Å². The summed E-state index contributed by atoms with van der Waals surface area (Å²) in [5, 5.41) is 9.20. The van der Waals surface area contributed by atoms with Crippen molar-refractivity contribution in [1.29, 1.82) is 5.26 Å². The van der Waals surface area contributed by atoms with Crippen LogP contribution in [0.25, 0.3) is 27.9 Å². The maximum absolute atomic E-state index is 9.20. The van der Waals surface area contributed by atoms with Gasteiger partial charge in [-0.25, -0.2) is 0 Å². The molecule has 4 aromatic rings. The van der Waals surface area contributed by atoms with Gasteiger partial charge >= 0.3 is 0 Å². The Morgan fingerprint density at radius 1 is 1.00 bits per heavy atom. The third-order valence-corrected chi connectivity index (χ3v) is 6.24. The summed E-state index contributed by atoms with van der Waals surface area (Å²) in [6, 6.07) is 25.6. The highest BCUT2D eigenvalue weighted by molar-refractivity contribution is 5.91. The Hall–Kier alpha value is -3.55. The Morgan fingerprint density at radius 2 is 1.74 bits per heavy atom. The summed E-state index contributed by atoms with van der Waals surface area (Å²) in [7, 11) is 0. The van der Waals surface area contributed by atoms with Crippen molar-refractivity contribution in [3.05, 3.63) is 84.1 Å². The number of hydrogen-bond donors (Lipinski definition) is 1. The molecule has 1 unspecified atom stereocenters. The Kier molecular flexibility index (Phi) is 4.97. The molecule has 2 N–H and O–H groups in total. The van der Waals surface area contributed by atoms with Crippen LogP contribution < -0.4 is 10.6 Å². The van der Waals surface area contributed by atoms with Crippen LogP contribution >= 0.6 is 0 Å². The van der Waals surface area contributed by atoms with Gasteiger partial charge in [0.05, 0.1) is 28.5 Å². The highest BCUT2D eigenvalue weighted by Gasteiger charge is 2.22. The normalized spacial score (nSPS) is 16.4. The van der Waals surface area contributed by atoms with Gasteiger partial charge < -0.3 is 15.0 Å². The number of benzene rings is 2. The first-order chi connectivity index (χ1) is 15.1. The summed E-state index contributed by atoms with van der Waals surface area (Å²) in [6.07, 6.45) is 4.35. The molecular formula is C27H26N4. The van der Waals surface area contributed by atoms with Crippen molar-refractivity contribution >= 4 is 11.2 Å². The van der Waals surface area contributed by atoms with E-state index < -0.39 is 0 Å². The molecule has 31 heavy (non-hydrogen) atoms. The average Bonchev–Trinajstić information content (AvgIpc) is 3.19. The van der Waals surface area contributed by atoms with Gasteiger partial charge in [-0.05, 0) is 61.2 Å². The molecule has 5 rings (SSSR count). The molecule has 1 atom stereocenters. The lowest BCUT2D eigenvalue weighted by Crippen LogP contribution is -2.42. The zero-order chi connectivity index (χ0) is 21.4. The molecule has 154 valence electrons. The fraction of sp³-hybridized carbons (Fsp3) is 0.222. The maximum Gasteiger partial charge on any atom is 0.0991 e. The van der Waals surface area contributed by atoms with Crippen molar-refractivity contribution in [1.82, 2.24) is 4.40 Å². The first-order valence-electron chi connectivity index (χ1n) is 10.9. The molecule has 0 spiro atoms. The molecule has 0 amide bonds. The molecule has 0 aliphatic carbocycles. The molecule has 2 aromatic heterocycles. The zero-order valence-electron chi connectivity index (χ0n) is 17.8. The first kappa shape index (κ1) is 19.4. The lowest BCUT2D eigenvalue weighted by Gasteiger charge is -2.33. The summed E-state index contributed by atoms with van der Waals surface area (Å²) >= 11 is 0. The third kappa shape index (κ3) is 3.58. The lowest BCUT2D eigenvalue weighted by atomic mass is 10.00. The topological polar surface area (TPSA) is 57.5 Å². The van der Waals surface area contributed by atoms with E-state index in [1.165, 1.54) is 33.6 Å². The fourth-order valence-corrected chi connectivity index (χ4v) is 4.63. The zero-order valence-corrected chi connectivity index (χ0v) is 17.8. The number of rotatable bonds is 3. The molecule has 0 radical (unpaired) electrons. The second kappa shape index (κ2) is 7.94. The van der Waals surface area contributed by atoms with E-state index in [0.717, 1.165) is 31.5 Å². The van der Waals surface area contributed by atoms with Crippen molar-refractivity contribution in [3.8, 4) is 28.5 Å². The fourth-order valence-electron chi connectivity index (χ4n) is 4.63. The van der Waals surface area contributed by atoms with Crippen molar-refractivity contribution < 1.29 is 0 Å². The minimum Gasteiger partial charge on any atom is -0.368 e. The standard InChI is InChI=1S/C27H26N4/c1-19-6-10-22(11-7-19)27-24(21-12-8-20(17-28)9-13-21)16-26-25(5-3-15-31(26)27)30-14-2-4-23(29)18-30/h3,5-13,15-16,23H,2,4,14,18,29H2,1H3. The quantitative estimate of drug-likeness (QED) is 0.497. The number of nitrogens with two attached hydrogens (primary N) is 1. The van der Waals surface area contributed by atoms with Crippen LogP contribution in [0.5, 0.6) is 0 Å². The van der Waals surface area contributed by atoms with Crippen molar-refractivity contribution in [2.75, 3.05) is 18.0 Å². The summed E-state index contributed by atoms with van der Waals surface area (Å²) < 4.78 is 2.30. The summed E-state index contributed by atoms with van der Waals surface area (Å²) in [5.74, 6) is 0. The number of nitrogens with zero attached hydrogens (tertiary/aromatic N) is 3. The number of aryl methyl sites for hydroxylation is 1. The molecular weight excluding hydrogens is 380 g/mol. The molecule has 3 heterocycles. The highest BCUT2D eigenvalue weighted by atomic mass is 15.2. The van der Waals surface area contributed by atoms with Gasteiger partial charge in [-0.3, -0.25) is 0 Å². The largest absolute Gasteiger partial charge is 0.368 e. The second-order valence-corrected chi connectivity index (χ2v) is 8.46. The first-order valence-corrected chi connectivity index (χ1v) is 10.9. The number of aromatic nitrogens is 1. The van der Waals surface area contributed by atoms with E-state index in [1.807, 2.05) is 24.3 Å². The Bertz CT molecular complexity index is 1260. The summed E-state index contributed by atoms with van der Waals surface area (Å²) in [6.45, 7) is 4.03. The van der Waals surface area contributed by atoms with E-state index >= 15 is 0 Å². The van der Waals surface area contributed by atoms with Gasteiger partial charge in [-0.1, -0.05) is 42.0 Å². The average molecular weight is 407 g/mol. The van der Waals surface area contributed by atoms with Gasteiger partial charge in [-0.15, -0.1) is 0 Å². The number of pyridine rings is 1. The third-order valence-electron chi connectivity index (χ3n) is 6.24. The van der Waals surface area contributed by atoms with Gasteiger partial charge in [0.1, 0.15) is 0 Å². The van der Waals surface area contributed by atoms with Crippen LogP contribution in [0, 0.1) is 18.3 Å². The SMILES string of the molecule is Cc1ccc(-c2c(-c3ccc(C#N)cc3)cc3c(N4CCCC(N)C4)cccn23)cc1. The predicted molar refractivity (Wildman–Crippen MR) is 127 cm³/mol. The minimum absolute atomic E-state index is 0.221. The Labute approximate surface area is 183 Å². The number of hydrogen-bond acceptors (Lipinski definition) is 3. The van der Waals surface area contributed by atoms with Crippen LogP contribution in [-0.4, -0.2) is 23.5 Å². The van der Waals surface area contributed by atoms with Crippen molar-refractivity contribution in [3.63, 3.8) is 0 Å². The van der Waals surface area contributed by atoms with Gasteiger partial charge in [0.2, 0.25) is 0 Å². The molecule has 1 aliphatic heterocycles. The van der Waals surface area contributed by atoms with Gasteiger partial charge in [-0.2, -0.15) is 5.26 Å². The summed E-state index contributed by atoms with van der Waals surface area (Å²) in [4.78, 5) is 2.42. The monoisotopic (exact) mass is 406 g/mol. The summed E-state index contributed by atoms with van der Waals surface area (Å²) in [5.41, 5.74) is 15.2. The minimum atomic E-state index is 0.221. The van der Waals surface area contributed by atoms with Crippen LogP contribution in [0.15, 0.2) is 72.9 Å². The highest BCUT2D eigenvalue weighted by Crippen LogP contribution is 2.39. The van der Waals surface area contributed by atoms with Gasteiger partial charge in [0.15, 0.2) is 0 Å². The van der Waals surface area contributed by atoms with Crippen LogP contribution in [-0.2, 0) is 0 Å². The van der Waals surface area contributed by atoms with Crippen molar-refractivity contribution in [2.24, 2.45) is 5.73 Å². The van der Waals surface area contributed by atoms with Crippen LogP contribution in [0.3, 0.4) is 0 Å². The molecule has 4 nitrogen and oxygen atoms in total. The second-order valence-electron chi connectivity index (χ2n) is 8.46. The lowest BCUT2D eigenvalue weighted by molar-refractivity contribution is 0.506. The molecule has 4 heteroatoms. The molecule has 1 saturated heterocycles. The maximum atomic E-state index is 9.20. The van der Waals surface area contributed by atoms with Crippen LogP contribution in [0.1, 0.15) is 24.0 Å². The van der Waals surface area contributed by atoms with E-state index in [4.69, 9.17) is 5.73 Å². The molecule has 2 aromatic carbocycles. The molecule has 0 saturated carbocycles. The molecule has 0 bridgehead atoms. The Morgan fingerprint density at radius 3 is 2.45 bits per heavy atom. The number of fused-ring (bicyclic) bond motifs is 1. The smallest absolute Gasteiger partial charge is 0.0991 e. The van der Waals surface area contributed by atoms with Crippen molar-refractivity contribution in [2.45, 2.75) is 25.8 Å². The molecule has 1 aliphatic rings. The number of piperidine rings is 1. The van der Waals surface area contributed by atoms with E-state index in [9.17, 15) is 5.26 Å². The van der Waals surface area contributed by atoms with Gasteiger partial charge in [0, 0.05) is 30.9 Å². The van der Waals surface area contributed by atoms with E-state index in [-0.39, 0.29) is 6.04 Å². The number of nitriles is 1. The predicted octanol–water partition coefficient (Wildman–Crippen LogP) is 5.38. The Balaban J connectivity index is 1.74. The van der Waals surface area contributed by atoms with E-state index in [2.05, 4.69) is 71.0 Å². The number of anilines is 1. The van der Waals surface area contributed by atoms with Crippen LogP contribution in [0.4, 0.5) is 5.69 Å². The van der Waals surface area contributed by atoms with E-state index in [0.29, 0.717) is 5.56 Å². The van der Waals surface area contributed by atoms with Crippen LogP contribution in [0.2, 0.25) is 0 Å². The van der Waals surface area contributed by atoms with Gasteiger partial charge in [0.25, 0.3) is 0 Å².